The highest BCUT2D eigenvalue weighted by atomic mass is 31.2. The summed E-state index contributed by atoms with van der Waals surface area (Å²) in [5.41, 5.74) is -0.699. The number of phosphoric acid groups is 1. The summed E-state index contributed by atoms with van der Waals surface area (Å²) in [4.78, 5) is 9.78. The van der Waals surface area contributed by atoms with E-state index in [1.165, 1.54) is 0 Å². The summed E-state index contributed by atoms with van der Waals surface area (Å²) in [5, 5.41) is 0. The average molecular weight is 296 g/mol. The van der Waals surface area contributed by atoms with E-state index in [9.17, 15) is 9.46 Å². The normalized spacial score (nSPS) is 18.4. The Kier molecular flexibility index (Phi) is 6.71. The lowest BCUT2D eigenvalue weighted by molar-refractivity contribution is -0.870. The third-order valence-electron chi connectivity index (χ3n) is 3.46. The molecular formula is C13H31NO4P+. The van der Waals surface area contributed by atoms with Crippen molar-refractivity contribution in [3.05, 3.63) is 0 Å². The Morgan fingerprint density at radius 1 is 1.21 bits per heavy atom. The predicted octanol–water partition coefficient (Wildman–Crippen LogP) is 2.90. The molecule has 0 aromatic heterocycles. The van der Waals surface area contributed by atoms with Gasteiger partial charge in [0.15, 0.2) is 0 Å². The van der Waals surface area contributed by atoms with Gasteiger partial charge < -0.3 is 9.38 Å². The first-order valence-corrected chi connectivity index (χ1v) is 8.25. The van der Waals surface area contributed by atoms with Gasteiger partial charge in [0.1, 0.15) is 13.2 Å². The molecule has 5 nitrogen and oxygen atoms in total. The SMILES string of the molecule is CC(C)C(C)C(C)(C)OP(=O)(O)OCC[N+](C)(C)C. The molecule has 116 valence electrons. The Hall–Kier alpha value is 0.0700. The third kappa shape index (κ3) is 8.05. The van der Waals surface area contributed by atoms with Gasteiger partial charge in [0.25, 0.3) is 0 Å². The molecule has 1 N–H and O–H groups in total. The zero-order chi connectivity index (χ0) is 15.5. The summed E-state index contributed by atoms with van der Waals surface area (Å²) in [6.45, 7) is 10.6. The summed E-state index contributed by atoms with van der Waals surface area (Å²) in [7, 11) is 1.99. The quantitative estimate of drug-likeness (QED) is 0.553. The van der Waals surface area contributed by atoms with Gasteiger partial charge in [-0.25, -0.2) is 4.57 Å². The molecule has 0 aromatic rings. The summed E-state index contributed by atoms with van der Waals surface area (Å²) >= 11 is 0. The minimum absolute atomic E-state index is 0.148. The Balaban J connectivity index is 4.47. The predicted molar refractivity (Wildman–Crippen MR) is 77.8 cm³/mol. The van der Waals surface area contributed by atoms with E-state index in [0.29, 0.717) is 16.9 Å². The molecule has 0 aliphatic rings. The van der Waals surface area contributed by atoms with Gasteiger partial charge in [0.2, 0.25) is 0 Å². The summed E-state index contributed by atoms with van der Waals surface area (Å²) < 4.78 is 23.0. The number of quaternary nitrogens is 1. The second-order valence-electron chi connectivity index (χ2n) is 7.04. The van der Waals surface area contributed by atoms with Gasteiger partial charge in [-0.05, 0) is 25.7 Å². The molecule has 0 bridgehead atoms. The molecule has 0 aliphatic heterocycles. The van der Waals surface area contributed by atoms with E-state index < -0.39 is 13.4 Å². The first kappa shape index (κ1) is 19.1. The highest BCUT2D eigenvalue weighted by Crippen LogP contribution is 2.49. The molecule has 0 heterocycles. The third-order valence-corrected chi connectivity index (χ3v) is 4.67. The van der Waals surface area contributed by atoms with Crippen LogP contribution in [0.1, 0.15) is 34.6 Å². The summed E-state index contributed by atoms with van der Waals surface area (Å²) in [6.07, 6.45) is 0. The Morgan fingerprint density at radius 3 is 2.05 bits per heavy atom. The molecule has 2 atom stereocenters. The van der Waals surface area contributed by atoms with Crippen molar-refractivity contribution in [2.24, 2.45) is 11.8 Å². The van der Waals surface area contributed by atoms with Crippen molar-refractivity contribution in [1.29, 1.82) is 0 Å². The molecule has 0 rings (SSSR count). The van der Waals surface area contributed by atoms with Crippen LogP contribution in [0.2, 0.25) is 0 Å². The topological polar surface area (TPSA) is 55.8 Å². The lowest BCUT2D eigenvalue weighted by atomic mass is 9.84. The standard InChI is InChI=1S/C13H30NO4P/c1-11(2)12(3)13(4,5)18-19(15,16)17-10-9-14(6,7)8/h11-12H,9-10H2,1-8H3/p+1. The smallest absolute Gasteiger partial charge is 0.329 e. The molecule has 2 unspecified atom stereocenters. The number of nitrogens with zero attached hydrogens (tertiary/aromatic N) is 1. The van der Waals surface area contributed by atoms with Gasteiger partial charge in [0.05, 0.1) is 26.7 Å². The molecule has 6 heteroatoms. The first-order valence-electron chi connectivity index (χ1n) is 6.75. The fourth-order valence-corrected chi connectivity index (χ4v) is 2.77. The minimum atomic E-state index is -4.00. The Labute approximate surface area is 118 Å². The van der Waals surface area contributed by atoms with Crippen LogP contribution in [0.5, 0.6) is 0 Å². The second-order valence-corrected chi connectivity index (χ2v) is 8.42. The van der Waals surface area contributed by atoms with Crippen LogP contribution in [0.4, 0.5) is 0 Å². The van der Waals surface area contributed by atoms with Crippen LogP contribution in [0, 0.1) is 11.8 Å². The van der Waals surface area contributed by atoms with Crippen LogP contribution in [0.25, 0.3) is 0 Å². The zero-order valence-electron chi connectivity index (χ0n) is 13.6. The van der Waals surface area contributed by atoms with Crippen molar-refractivity contribution in [1.82, 2.24) is 0 Å². The van der Waals surface area contributed by atoms with Gasteiger partial charge in [0, 0.05) is 0 Å². The van der Waals surface area contributed by atoms with Gasteiger partial charge in [-0.2, -0.15) is 0 Å². The molecular weight excluding hydrogens is 265 g/mol. The van der Waals surface area contributed by atoms with Gasteiger partial charge in [-0.3, -0.25) is 9.05 Å². The number of likely N-dealkylation sites (N-methyl/N-ethyl adjacent to an activating group) is 1. The fourth-order valence-electron chi connectivity index (χ4n) is 1.64. The highest BCUT2D eigenvalue weighted by molar-refractivity contribution is 7.47. The Bertz CT molecular complexity index is 323. The number of hydrogen-bond acceptors (Lipinski definition) is 3. The van der Waals surface area contributed by atoms with Crippen molar-refractivity contribution in [3.8, 4) is 0 Å². The van der Waals surface area contributed by atoms with Gasteiger partial charge in [-0.15, -0.1) is 0 Å². The number of hydrogen-bond donors (Lipinski definition) is 1. The van der Waals surface area contributed by atoms with E-state index in [1.807, 2.05) is 41.9 Å². The molecule has 0 aromatic carbocycles. The van der Waals surface area contributed by atoms with E-state index >= 15 is 0 Å². The molecule has 0 fully saturated rings. The maximum Gasteiger partial charge on any atom is 0.472 e. The van der Waals surface area contributed by atoms with E-state index in [4.69, 9.17) is 9.05 Å². The molecule has 0 radical (unpaired) electrons. The lowest BCUT2D eigenvalue weighted by Crippen LogP contribution is -2.38. The highest BCUT2D eigenvalue weighted by Gasteiger charge is 2.37. The number of rotatable bonds is 8. The number of phosphoric ester groups is 1. The summed E-state index contributed by atoms with van der Waals surface area (Å²) in [5.74, 6) is 0.510. The monoisotopic (exact) mass is 296 g/mol. The molecule has 0 saturated carbocycles. The van der Waals surface area contributed by atoms with Crippen LogP contribution in [-0.4, -0.2) is 49.3 Å². The maximum absolute atomic E-state index is 11.9. The average Bonchev–Trinajstić information content (AvgIpc) is 2.11. The van der Waals surface area contributed by atoms with Crippen molar-refractivity contribution in [3.63, 3.8) is 0 Å². The van der Waals surface area contributed by atoms with E-state index in [2.05, 4.69) is 13.8 Å². The molecule has 0 amide bonds. The van der Waals surface area contributed by atoms with E-state index in [1.54, 1.807) is 0 Å². The second kappa shape index (κ2) is 6.68. The largest absolute Gasteiger partial charge is 0.472 e. The molecule has 0 saturated heterocycles. The van der Waals surface area contributed by atoms with Crippen molar-refractivity contribution >= 4 is 7.82 Å². The first-order chi connectivity index (χ1) is 8.27. The van der Waals surface area contributed by atoms with Crippen LogP contribution in [-0.2, 0) is 13.6 Å². The van der Waals surface area contributed by atoms with Crippen LogP contribution in [0.3, 0.4) is 0 Å². The van der Waals surface area contributed by atoms with E-state index in [-0.39, 0.29) is 12.5 Å². The van der Waals surface area contributed by atoms with Crippen molar-refractivity contribution < 1.29 is 23.0 Å². The Morgan fingerprint density at radius 2 is 1.68 bits per heavy atom. The fraction of sp³-hybridized carbons (Fsp3) is 1.00. The van der Waals surface area contributed by atoms with Crippen LogP contribution in [0.15, 0.2) is 0 Å². The van der Waals surface area contributed by atoms with Crippen LogP contribution >= 0.6 is 7.82 Å². The van der Waals surface area contributed by atoms with Crippen molar-refractivity contribution in [2.75, 3.05) is 34.3 Å². The zero-order valence-corrected chi connectivity index (χ0v) is 14.5. The van der Waals surface area contributed by atoms with E-state index in [0.717, 1.165) is 0 Å². The molecule has 19 heavy (non-hydrogen) atoms. The summed E-state index contributed by atoms with van der Waals surface area (Å²) in [6, 6.07) is 0. The van der Waals surface area contributed by atoms with Crippen LogP contribution < -0.4 is 0 Å². The molecule has 0 spiro atoms. The van der Waals surface area contributed by atoms with Crippen molar-refractivity contribution in [2.45, 2.75) is 40.2 Å². The molecule has 0 aliphatic carbocycles. The van der Waals surface area contributed by atoms with Gasteiger partial charge >= 0.3 is 7.82 Å². The lowest BCUT2D eigenvalue weighted by Gasteiger charge is -2.35. The van der Waals surface area contributed by atoms with Gasteiger partial charge in [-0.1, -0.05) is 20.8 Å². The maximum atomic E-state index is 11.9. The minimum Gasteiger partial charge on any atom is -0.329 e.